The molecule has 1 aromatic heterocycles. The highest BCUT2D eigenvalue weighted by atomic mass is 16.1. The van der Waals surface area contributed by atoms with Gasteiger partial charge >= 0.3 is 0 Å². The minimum atomic E-state index is 0.0555. The van der Waals surface area contributed by atoms with Crippen LogP contribution in [0.3, 0.4) is 0 Å². The van der Waals surface area contributed by atoms with Crippen molar-refractivity contribution in [3.63, 3.8) is 0 Å². The van der Waals surface area contributed by atoms with Gasteiger partial charge in [-0.05, 0) is 38.8 Å². The molecule has 17 heavy (non-hydrogen) atoms. The van der Waals surface area contributed by atoms with Crippen LogP contribution in [0.2, 0.25) is 0 Å². The Bertz CT molecular complexity index is 562. The first kappa shape index (κ1) is 11.6. The molecule has 0 atom stereocenters. The van der Waals surface area contributed by atoms with E-state index in [-0.39, 0.29) is 5.78 Å². The number of benzene rings is 1. The summed E-state index contributed by atoms with van der Waals surface area (Å²) < 4.78 is 1.85. The highest BCUT2D eigenvalue weighted by Crippen LogP contribution is 2.21. The molecule has 0 N–H and O–H groups in total. The van der Waals surface area contributed by atoms with Crippen LogP contribution in [0.25, 0.3) is 5.69 Å². The summed E-state index contributed by atoms with van der Waals surface area (Å²) >= 11 is 0. The zero-order chi connectivity index (χ0) is 12.6. The third-order valence-corrected chi connectivity index (χ3v) is 3.04. The zero-order valence-corrected chi connectivity index (χ0v) is 10.6. The average Bonchev–Trinajstić information content (AvgIpc) is 2.61. The maximum Gasteiger partial charge on any atom is 0.163 e. The van der Waals surface area contributed by atoms with Crippen molar-refractivity contribution in [1.29, 1.82) is 0 Å². The van der Waals surface area contributed by atoms with E-state index < -0.39 is 0 Å². The zero-order valence-electron chi connectivity index (χ0n) is 10.6. The van der Waals surface area contributed by atoms with Gasteiger partial charge in [0, 0.05) is 0 Å². The number of nitrogens with zero attached hydrogens (tertiary/aromatic N) is 2. The van der Waals surface area contributed by atoms with Gasteiger partial charge in [-0.3, -0.25) is 4.79 Å². The highest BCUT2D eigenvalue weighted by Gasteiger charge is 2.13. The van der Waals surface area contributed by atoms with Crippen LogP contribution < -0.4 is 0 Å². The highest BCUT2D eigenvalue weighted by molar-refractivity contribution is 5.95. The fourth-order valence-electron chi connectivity index (χ4n) is 2.12. The normalized spacial score (nSPS) is 10.6. The topological polar surface area (TPSA) is 34.9 Å². The number of hydrogen-bond donors (Lipinski definition) is 0. The van der Waals surface area contributed by atoms with Gasteiger partial charge in [0.05, 0.1) is 23.1 Å². The lowest BCUT2D eigenvalue weighted by atomic mass is 10.1. The van der Waals surface area contributed by atoms with Crippen LogP contribution in [0.4, 0.5) is 0 Å². The number of hydrogen-bond acceptors (Lipinski definition) is 2. The van der Waals surface area contributed by atoms with E-state index >= 15 is 0 Å². The second-order valence-corrected chi connectivity index (χ2v) is 4.35. The first-order chi connectivity index (χ1) is 8.02. The van der Waals surface area contributed by atoms with Gasteiger partial charge in [0.1, 0.15) is 0 Å². The number of ketones is 1. The Kier molecular flexibility index (Phi) is 2.84. The SMILES string of the molecule is CC(=O)c1cnn(-c2c(C)cccc2C)c1C. The smallest absolute Gasteiger partial charge is 0.163 e. The lowest BCUT2D eigenvalue weighted by Crippen LogP contribution is -2.05. The number of para-hydroxylation sites is 1. The quantitative estimate of drug-likeness (QED) is 0.740. The lowest BCUT2D eigenvalue weighted by molar-refractivity contribution is 0.101. The Morgan fingerprint density at radius 1 is 1.18 bits per heavy atom. The minimum absolute atomic E-state index is 0.0555. The molecule has 88 valence electrons. The van der Waals surface area contributed by atoms with Gasteiger partial charge in [-0.2, -0.15) is 5.10 Å². The lowest BCUT2D eigenvalue weighted by Gasteiger charge is -2.11. The number of aromatic nitrogens is 2. The molecule has 3 heteroatoms. The van der Waals surface area contributed by atoms with Crippen LogP contribution in [0, 0.1) is 20.8 Å². The second-order valence-electron chi connectivity index (χ2n) is 4.35. The maximum absolute atomic E-state index is 11.4. The predicted molar refractivity (Wildman–Crippen MR) is 67.8 cm³/mol. The summed E-state index contributed by atoms with van der Waals surface area (Å²) in [5.74, 6) is 0.0555. The first-order valence-electron chi connectivity index (χ1n) is 5.64. The van der Waals surface area contributed by atoms with Gasteiger partial charge < -0.3 is 0 Å². The third kappa shape index (κ3) is 1.88. The van der Waals surface area contributed by atoms with E-state index in [1.54, 1.807) is 13.1 Å². The monoisotopic (exact) mass is 228 g/mol. The Balaban J connectivity index is 2.66. The number of aryl methyl sites for hydroxylation is 2. The molecule has 0 aliphatic heterocycles. The fourth-order valence-corrected chi connectivity index (χ4v) is 2.12. The second kappa shape index (κ2) is 4.17. The molecule has 0 bridgehead atoms. The van der Waals surface area contributed by atoms with Crippen molar-refractivity contribution in [3.8, 4) is 5.69 Å². The van der Waals surface area contributed by atoms with Gasteiger partial charge in [-0.1, -0.05) is 18.2 Å². The van der Waals surface area contributed by atoms with Crippen molar-refractivity contribution in [3.05, 3.63) is 46.8 Å². The molecule has 0 aliphatic rings. The Morgan fingerprint density at radius 2 is 1.76 bits per heavy atom. The molecule has 0 saturated heterocycles. The number of rotatable bonds is 2. The van der Waals surface area contributed by atoms with E-state index in [2.05, 4.69) is 31.1 Å². The van der Waals surface area contributed by atoms with E-state index in [1.807, 2.05) is 17.7 Å². The summed E-state index contributed by atoms with van der Waals surface area (Å²) in [4.78, 5) is 11.4. The van der Waals surface area contributed by atoms with Crippen LogP contribution in [-0.2, 0) is 0 Å². The number of carbonyl (C=O) groups is 1. The molecule has 1 heterocycles. The molecular weight excluding hydrogens is 212 g/mol. The van der Waals surface area contributed by atoms with Crippen molar-refractivity contribution < 1.29 is 4.79 Å². The molecule has 0 fully saturated rings. The van der Waals surface area contributed by atoms with Crippen LogP contribution in [0.5, 0.6) is 0 Å². The van der Waals surface area contributed by atoms with Crippen LogP contribution in [-0.4, -0.2) is 15.6 Å². The molecule has 2 aromatic rings. The van der Waals surface area contributed by atoms with Crippen molar-refractivity contribution in [1.82, 2.24) is 9.78 Å². The number of carbonyl (C=O) groups excluding carboxylic acids is 1. The van der Waals surface area contributed by atoms with E-state index in [1.165, 1.54) is 0 Å². The fraction of sp³-hybridized carbons (Fsp3) is 0.286. The molecule has 0 unspecified atom stereocenters. The largest absolute Gasteiger partial charge is 0.294 e. The molecule has 0 radical (unpaired) electrons. The third-order valence-electron chi connectivity index (χ3n) is 3.04. The summed E-state index contributed by atoms with van der Waals surface area (Å²) in [6.45, 7) is 7.60. The molecule has 0 saturated carbocycles. The van der Waals surface area contributed by atoms with Crippen molar-refractivity contribution in [2.75, 3.05) is 0 Å². The van der Waals surface area contributed by atoms with E-state index in [4.69, 9.17) is 0 Å². The van der Waals surface area contributed by atoms with Gasteiger partial charge in [0.15, 0.2) is 5.78 Å². The average molecular weight is 228 g/mol. The predicted octanol–water partition coefficient (Wildman–Crippen LogP) is 3.00. The van der Waals surface area contributed by atoms with Gasteiger partial charge in [-0.25, -0.2) is 4.68 Å². The molecule has 0 spiro atoms. The van der Waals surface area contributed by atoms with E-state index in [0.717, 1.165) is 22.5 Å². The minimum Gasteiger partial charge on any atom is -0.294 e. The van der Waals surface area contributed by atoms with Crippen LogP contribution in [0.15, 0.2) is 24.4 Å². The molecule has 1 aromatic carbocycles. The van der Waals surface area contributed by atoms with E-state index in [9.17, 15) is 4.79 Å². The molecular formula is C14H16N2O. The summed E-state index contributed by atoms with van der Waals surface area (Å²) in [5, 5.41) is 4.32. The molecule has 0 aliphatic carbocycles. The van der Waals surface area contributed by atoms with Crippen LogP contribution >= 0.6 is 0 Å². The standard InChI is InChI=1S/C14H16N2O/c1-9-6-5-7-10(2)14(9)16-11(3)13(8-15-16)12(4)17/h5-8H,1-4H3. The summed E-state index contributed by atoms with van der Waals surface area (Å²) in [6.07, 6.45) is 1.64. The first-order valence-corrected chi connectivity index (χ1v) is 5.64. The van der Waals surface area contributed by atoms with Crippen molar-refractivity contribution in [2.45, 2.75) is 27.7 Å². The van der Waals surface area contributed by atoms with Crippen molar-refractivity contribution >= 4 is 5.78 Å². The number of Topliss-reactive ketones (excluding diaryl/α,β-unsaturated/α-hetero) is 1. The molecule has 0 amide bonds. The van der Waals surface area contributed by atoms with E-state index in [0.29, 0.717) is 5.56 Å². The Morgan fingerprint density at radius 3 is 2.24 bits per heavy atom. The summed E-state index contributed by atoms with van der Waals surface area (Å²) in [6, 6.07) is 6.13. The molecule has 2 rings (SSSR count). The Labute approximate surface area is 101 Å². The van der Waals surface area contributed by atoms with Gasteiger partial charge in [0.25, 0.3) is 0 Å². The Hall–Kier alpha value is -1.90. The van der Waals surface area contributed by atoms with Gasteiger partial charge in [0.2, 0.25) is 0 Å². The van der Waals surface area contributed by atoms with Gasteiger partial charge in [-0.15, -0.1) is 0 Å². The molecule has 3 nitrogen and oxygen atoms in total. The van der Waals surface area contributed by atoms with Crippen molar-refractivity contribution in [2.24, 2.45) is 0 Å². The summed E-state index contributed by atoms with van der Waals surface area (Å²) in [5.41, 5.74) is 4.97. The van der Waals surface area contributed by atoms with Crippen LogP contribution in [0.1, 0.15) is 34.1 Å². The maximum atomic E-state index is 11.4. The summed E-state index contributed by atoms with van der Waals surface area (Å²) in [7, 11) is 0.